The molecule has 0 N–H and O–H groups in total. The van der Waals surface area contributed by atoms with Crippen LogP contribution in [-0.2, 0) is 11.3 Å². The minimum absolute atomic E-state index is 0.0377. The van der Waals surface area contributed by atoms with Crippen LogP contribution in [0.3, 0.4) is 0 Å². The molecule has 1 heterocycles. The van der Waals surface area contributed by atoms with Gasteiger partial charge in [0, 0.05) is 13.6 Å². The summed E-state index contributed by atoms with van der Waals surface area (Å²) in [4.78, 5) is 14.2. The van der Waals surface area contributed by atoms with Gasteiger partial charge in [-0.25, -0.2) is 0 Å². The van der Waals surface area contributed by atoms with Gasteiger partial charge in [-0.2, -0.15) is 5.26 Å². The number of carbonyl (C=O) groups is 1. The van der Waals surface area contributed by atoms with Gasteiger partial charge < -0.3 is 9.47 Å². The highest BCUT2D eigenvalue weighted by Gasteiger charge is 2.38. The molecule has 1 aliphatic carbocycles. The second-order valence-electron chi connectivity index (χ2n) is 5.87. The first-order valence-corrected chi connectivity index (χ1v) is 8.84. The Labute approximate surface area is 141 Å². The Bertz CT molecular complexity index is 612. The number of hydrogen-bond donors (Lipinski definition) is 0. The van der Waals surface area contributed by atoms with Crippen LogP contribution in [0, 0.1) is 18.3 Å². The first kappa shape index (κ1) is 17.5. The van der Waals surface area contributed by atoms with Gasteiger partial charge in [0.1, 0.15) is 11.4 Å². The van der Waals surface area contributed by atoms with E-state index in [4.69, 9.17) is 0 Å². The Morgan fingerprint density at radius 3 is 2.78 bits per heavy atom. The molecule has 0 spiro atoms. The van der Waals surface area contributed by atoms with Gasteiger partial charge in [0.2, 0.25) is 5.91 Å². The van der Waals surface area contributed by atoms with E-state index in [1.807, 2.05) is 11.5 Å². The smallest absolute Gasteiger partial charge is 0.234 e. The van der Waals surface area contributed by atoms with E-state index in [1.165, 1.54) is 11.8 Å². The van der Waals surface area contributed by atoms with E-state index in [0.29, 0.717) is 11.7 Å². The zero-order chi connectivity index (χ0) is 16.9. The van der Waals surface area contributed by atoms with Crippen molar-refractivity contribution in [2.45, 2.75) is 56.3 Å². The van der Waals surface area contributed by atoms with Crippen molar-refractivity contribution in [1.82, 2.24) is 19.7 Å². The van der Waals surface area contributed by atoms with E-state index in [-0.39, 0.29) is 11.7 Å². The summed E-state index contributed by atoms with van der Waals surface area (Å²) in [7, 11) is 1.75. The molecule has 7 heteroatoms. The molecule has 1 fully saturated rings. The topological polar surface area (TPSA) is 74.8 Å². The van der Waals surface area contributed by atoms with Gasteiger partial charge in [-0.15, -0.1) is 16.8 Å². The van der Waals surface area contributed by atoms with E-state index in [0.717, 1.165) is 37.9 Å². The number of nitrogens with zero attached hydrogens (tertiary/aromatic N) is 5. The van der Waals surface area contributed by atoms with Crippen LogP contribution in [0.4, 0.5) is 0 Å². The second kappa shape index (κ2) is 7.64. The monoisotopic (exact) mass is 333 g/mol. The van der Waals surface area contributed by atoms with Crippen molar-refractivity contribution in [2.24, 2.45) is 0 Å². The summed E-state index contributed by atoms with van der Waals surface area (Å²) in [5, 5.41) is 18.4. The lowest BCUT2D eigenvalue weighted by Crippen LogP contribution is -2.50. The number of hydrogen-bond acceptors (Lipinski definition) is 5. The quantitative estimate of drug-likeness (QED) is 0.591. The van der Waals surface area contributed by atoms with Crippen molar-refractivity contribution in [3.63, 3.8) is 0 Å². The molecular weight excluding hydrogens is 310 g/mol. The molecule has 23 heavy (non-hydrogen) atoms. The van der Waals surface area contributed by atoms with Crippen LogP contribution < -0.4 is 0 Å². The second-order valence-corrected chi connectivity index (χ2v) is 6.82. The highest BCUT2D eigenvalue weighted by atomic mass is 32.2. The van der Waals surface area contributed by atoms with Crippen LogP contribution in [0.2, 0.25) is 0 Å². The summed E-state index contributed by atoms with van der Waals surface area (Å²) in [6.45, 7) is 6.22. The molecule has 124 valence electrons. The van der Waals surface area contributed by atoms with Crippen LogP contribution >= 0.6 is 11.8 Å². The third kappa shape index (κ3) is 3.75. The van der Waals surface area contributed by atoms with Crippen LogP contribution in [-0.4, -0.2) is 43.9 Å². The van der Waals surface area contributed by atoms with E-state index < -0.39 is 5.54 Å². The molecule has 1 aromatic heterocycles. The van der Waals surface area contributed by atoms with Gasteiger partial charge in [-0.05, 0) is 19.8 Å². The fraction of sp³-hybridized carbons (Fsp3) is 0.625. The number of nitriles is 1. The Morgan fingerprint density at radius 1 is 1.48 bits per heavy atom. The largest absolute Gasteiger partial charge is 0.326 e. The first-order chi connectivity index (χ1) is 11.0. The Kier molecular flexibility index (Phi) is 5.83. The fourth-order valence-electron chi connectivity index (χ4n) is 2.93. The predicted octanol–water partition coefficient (Wildman–Crippen LogP) is 2.55. The minimum atomic E-state index is -0.638. The molecule has 1 aliphatic rings. The number of carbonyl (C=O) groups excluding carboxylic acids is 1. The molecule has 2 rings (SSSR count). The fourth-order valence-corrected chi connectivity index (χ4v) is 3.84. The number of amides is 1. The highest BCUT2D eigenvalue weighted by molar-refractivity contribution is 7.99. The number of aromatic nitrogens is 3. The Morgan fingerprint density at radius 2 is 2.17 bits per heavy atom. The molecule has 0 aliphatic heterocycles. The number of aryl methyl sites for hydroxylation is 1. The summed E-state index contributed by atoms with van der Waals surface area (Å²) < 4.78 is 1.92. The van der Waals surface area contributed by atoms with E-state index >= 15 is 0 Å². The number of thioether (sulfide) groups is 1. The molecule has 0 unspecified atom stereocenters. The lowest BCUT2D eigenvalue weighted by molar-refractivity contribution is -0.131. The lowest BCUT2D eigenvalue weighted by Gasteiger charge is -2.39. The van der Waals surface area contributed by atoms with Crippen molar-refractivity contribution in [2.75, 3.05) is 12.8 Å². The number of rotatable bonds is 6. The van der Waals surface area contributed by atoms with Crippen LogP contribution in [0.15, 0.2) is 17.8 Å². The van der Waals surface area contributed by atoms with Crippen molar-refractivity contribution in [1.29, 1.82) is 5.26 Å². The predicted molar refractivity (Wildman–Crippen MR) is 89.9 cm³/mol. The van der Waals surface area contributed by atoms with Crippen molar-refractivity contribution >= 4 is 17.7 Å². The molecule has 6 nitrogen and oxygen atoms in total. The van der Waals surface area contributed by atoms with Crippen molar-refractivity contribution < 1.29 is 4.79 Å². The minimum Gasteiger partial charge on any atom is -0.326 e. The van der Waals surface area contributed by atoms with Gasteiger partial charge in [-0.3, -0.25) is 4.79 Å². The van der Waals surface area contributed by atoms with Gasteiger partial charge in [0.15, 0.2) is 5.16 Å². The molecule has 0 radical (unpaired) electrons. The summed E-state index contributed by atoms with van der Waals surface area (Å²) in [5.41, 5.74) is -0.638. The van der Waals surface area contributed by atoms with Crippen LogP contribution in [0.5, 0.6) is 0 Å². The molecular formula is C16H23N5OS. The molecule has 0 atom stereocenters. The van der Waals surface area contributed by atoms with E-state index in [2.05, 4.69) is 22.8 Å². The van der Waals surface area contributed by atoms with E-state index in [1.54, 1.807) is 18.0 Å². The summed E-state index contributed by atoms with van der Waals surface area (Å²) in [6, 6.07) is 2.38. The third-order valence-electron chi connectivity index (χ3n) is 4.44. The van der Waals surface area contributed by atoms with Crippen molar-refractivity contribution in [3.8, 4) is 6.07 Å². The van der Waals surface area contributed by atoms with E-state index in [9.17, 15) is 10.1 Å². The van der Waals surface area contributed by atoms with Gasteiger partial charge >= 0.3 is 0 Å². The molecule has 0 aromatic carbocycles. The number of allylic oxidation sites excluding steroid dienone is 1. The molecule has 1 aromatic rings. The summed E-state index contributed by atoms with van der Waals surface area (Å²) >= 11 is 1.36. The van der Waals surface area contributed by atoms with Crippen LogP contribution in [0.1, 0.15) is 37.9 Å². The zero-order valence-corrected chi connectivity index (χ0v) is 14.6. The summed E-state index contributed by atoms with van der Waals surface area (Å²) in [6.07, 6.45) is 6.46. The average molecular weight is 333 g/mol. The standard InChI is InChI=1S/C16H23N5OS/c1-4-10-21-13(2)18-19-15(21)23-11-14(22)20(3)16(12-17)8-6-5-7-9-16/h4H,1,5-11H2,2-3H3. The lowest BCUT2D eigenvalue weighted by atomic mass is 9.81. The van der Waals surface area contributed by atoms with Gasteiger partial charge in [0.05, 0.1) is 11.8 Å². The Hall–Kier alpha value is -1.81. The highest BCUT2D eigenvalue weighted by Crippen LogP contribution is 2.33. The maximum Gasteiger partial charge on any atom is 0.234 e. The maximum absolute atomic E-state index is 12.5. The molecule has 0 bridgehead atoms. The normalized spacial score (nSPS) is 16.6. The zero-order valence-electron chi connectivity index (χ0n) is 13.8. The Balaban J connectivity index is 2.02. The van der Waals surface area contributed by atoms with Crippen LogP contribution in [0.25, 0.3) is 0 Å². The first-order valence-electron chi connectivity index (χ1n) is 7.85. The molecule has 1 amide bonds. The SMILES string of the molecule is C=CCn1c(C)nnc1SCC(=O)N(C)C1(C#N)CCCCC1. The molecule has 1 saturated carbocycles. The third-order valence-corrected chi connectivity index (χ3v) is 5.39. The maximum atomic E-state index is 12.5. The van der Waals surface area contributed by atoms with Gasteiger partial charge in [-0.1, -0.05) is 37.1 Å². The van der Waals surface area contributed by atoms with Gasteiger partial charge in [0.25, 0.3) is 0 Å². The summed E-state index contributed by atoms with van der Waals surface area (Å²) in [5.74, 6) is 1.02. The molecule has 0 saturated heterocycles. The average Bonchev–Trinajstić information content (AvgIpc) is 2.93. The van der Waals surface area contributed by atoms with Crippen molar-refractivity contribution in [3.05, 3.63) is 18.5 Å².